The van der Waals surface area contributed by atoms with E-state index in [-0.39, 0.29) is 19.6 Å². The van der Waals surface area contributed by atoms with Crippen molar-refractivity contribution in [2.45, 2.75) is 51.9 Å². The Kier molecular flexibility index (Phi) is 6.23. The first kappa shape index (κ1) is 19.8. The molecule has 0 bridgehead atoms. The smallest absolute Gasteiger partial charge is 0.411 e. The summed E-state index contributed by atoms with van der Waals surface area (Å²) >= 11 is 0. The summed E-state index contributed by atoms with van der Waals surface area (Å²) in [6.07, 6.45) is -0.315. The number of hydrogen-bond acceptors (Lipinski definition) is 5. The quantitative estimate of drug-likeness (QED) is 0.809. The summed E-state index contributed by atoms with van der Waals surface area (Å²) in [5.74, 6) is -2.12. The predicted molar refractivity (Wildman–Crippen MR) is 93.3 cm³/mol. The average molecular weight is 363 g/mol. The van der Waals surface area contributed by atoms with Crippen LogP contribution >= 0.6 is 0 Å². The van der Waals surface area contributed by atoms with Gasteiger partial charge in [-0.1, -0.05) is 30.3 Å². The van der Waals surface area contributed by atoms with Crippen molar-refractivity contribution in [3.8, 4) is 0 Å². The Hall–Kier alpha value is -2.57. The lowest BCUT2D eigenvalue weighted by atomic mass is 9.97. The summed E-state index contributed by atoms with van der Waals surface area (Å²) in [4.78, 5) is 37.2. The van der Waals surface area contributed by atoms with Crippen molar-refractivity contribution in [3.05, 3.63) is 35.9 Å². The Morgan fingerprint density at radius 2 is 1.85 bits per heavy atom. The van der Waals surface area contributed by atoms with Gasteiger partial charge in [0.05, 0.1) is 6.42 Å². The summed E-state index contributed by atoms with van der Waals surface area (Å²) in [7, 11) is 0. The number of carboxylic acid groups (broad SMARTS) is 1. The highest BCUT2D eigenvalue weighted by molar-refractivity contribution is 5.82. The molecule has 0 aromatic heterocycles. The minimum Gasteiger partial charge on any atom is -0.480 e. The lowest BCUT2D eigenvalue weighted by molar-refractivity contribution is -0.148. The molecular formula is C19H25NO6. The van der Waals surface area contributed by atoms with E-state index in [1.807, 2.05) is 30.3 Å². The molecule has 1 aromatic rings. The number of esters is 1. The van der Waals surface area contributed by atoms with E-state index < -0.39 is 35.6 Å². The van der Waals surface area contributed by atoms with Gasteiger partial charge in [-0.25, -0.2) is 9.59 Å². The highest BCUT2D eigenvalue weighted by Gasteiger charge is 2.44. The zero-order chi connectivity index (χ0) is 19.3. The van der Waals surface area contributed by atoms with Crippen molar-refractivity contribution in [1.82, 2.24) is 4.90 Å². The van der Waals surface area contributed by atoms with Crippen LogP contribution in [0.4, 0.5) is 4.79 Å². The minimum absolute atomic E-state index is 0.0525. The van der Waals surface area contributed by atoms with Crippen LogP contribution in [-0.2, 0) is 25.7 Å². The first-order valence-electron chi connectivity index (χ1n) is 8.59. The maximum atomic E-state index is 12.2. The van der Waals surface area contributed by atoms with Crippen LogP contribution in [0, 0.1) is 5.92 Å². The molecule has 1 fully saturated rings. The standard InChI is InChI=1S/C19H25NO6/c1-19(2,3)26-18(24)20-10-9-14(16(20)17(22)23)11-15(21)25-12-13-7-5-4-6-8-13/h4-8,14,16H,9-12H2,1-3H3,(H,22,23)/t14-,16-/m1/s1. The first-order valence-corrected chi connectivity index (χ1v) is 8.59. The van der Waals surface area contributed by atoms with Crippen LogP contribution in [0.1, 0.15) is 39.2 Å². The largest absolute Gasteiger partial charge is 0.480 e. The van der Waals surface area contributed by atoms with E-state index >= 15 is 0 Å². The molecular weight excluding hydrogens is 338 g/mol. The Balaban J connectivity index is 1.95. The van der Waals surface area contributed by atoms with Crippen LogP contribution in [-0.4, -0.2) is 46.2 Å². The van der Waals surface area contributed by atoms with Crippen molar-refractivity contribution >= 4 is 18.0 Å². The van der Waals surface area contributed by atoms with E-state index in [1.54, 1.807) is 20.8 Å². The number of amides is 1. The fourth-order valence-electron chi connectivity index (χ4n) is 2.94. The third-order valence-corrected chi connectivity index (χ3v) is 4.08. The number of carbonyl (C=O) groups excluding carboxylic acids is 2. The van der Waals surface area contributed by atoms with Gasteiger partial charge in [0, 0.05) is 12.5 Å². The third-order valence-electron chi connectivity index (χ3n) is 4.08. The van der Waals surface area contributed by atoms with Crippen LogP contribution in [0.15, 0.2) is 30.3 Å². The van der Waals surface area contributed by atoms with Gasteiger partial charge in [0.1, 0.15) is 18.2 Å². The normalized spacial score (nSPS) is 19.9. The lowest BCUT2D eigenvalue weighted by Gasteiger charge is -2.28. The predicted octanol–water partition coefficient (Wildman–Crippen LogP) is 2.83. The van der Waals surface area contributed by atoms with E-state index in [0.29, 0.717) is 6.42 Å². The van der Waals surface area contributed by atoms with Gasteiger partial charge in [0.2, 0.25) is 0 Å². The molecule has 142 valence electrons. The van der Waals surface area contributed by atoms with Crippen molar-refractivity contribution in [2.75, 3.05) is 6.54 Å². The monoisotopic (exact) mass is 363 g/mol. The Bertz CT molecular complexity index is 652. The number of nitrogens with zero attached hydrogens (tertiary/aromatic N) is 1. The Labute approximate surface area is 152 Å². The Morgan fingerprint density at radius 3 is 2.42 bits per heavy atom. The zero-order valence-corrected chi connectivity index (χ0v) is 15.3. The topological polar surface area (TPSA) is 93.1 Å². The van der Waals surface area contributed by atoms with Crippen LogP contribution in [0.5, 0.6) is 0 Å². The molecule has 1 amide bonds. The van der Waals surface area contributed by atoms with Gasteiger partial charge in [0.15, 0.2) is 0 Å². The van der Waals surface area contributed by atoms with Gasteiger partial charge in [-0.15, -0.1) is 0 Å². The second-order valence-corrected chi connectivity index (χ2v) is 7.36. The van der Waals surface area contributed by atoms with E-state index in [2.05, 4.69) is 0 Å². The fourth-order valence-corrected chi connectivity index (χ4v) is 2.94. The molecule has 1 saturated heterocycles. The fraction of sp³-hybridized carbons (Fsp3) is 0.526. The molecule has 1 heterocycles. The van der Waals surface area contributed by atoms with Gasteiger partial charge < -0.3 is 14.6 Å². The van der Waals surface area contributed by atoms with E-state index in [0.717, 1.165) is 5.56 Å². The number of rotatable bonds is 5. The molecule has 2 rings (SSSR count). The second kappa shape index (κ2) is 8.21. The van der Waals surface area contributed by atoms with Crippen LogP contribution < -0.4 is 0 Å². The third kappa shape index (κ3) is 5.47. The molecule has 0 unspecified atom stereocenters. The number of benzene rings is 1. The zero-order valence-electron chi connectivity index (χ0n) is 15.3. The average Bonchev–Trinajstić information content (AvgIpc) is 2.96. The van der Waals surface area contributed by atoms with Crippen molar-refractivity contribution in [2.24, 2.45) is 5.92 Å². The molecule has 2 atom stereocenters. The maximum Gasteiger partial charge on any atom is 0.411 e. The molecule has 1 aliphatic heterocycles. The van der Waals surface area contributed by atoms with Gasteiger partial charge >= 0.3 is 18.0 Å². The number of carboxylic acids is 1. The molecule has 1 aliphatic rings. The number of carbonyl (C=O) groups is 3. The van der Waals surface area contributed by atoms with Crippen LogP contribution in [0.25, 0.3) is 0 Å². The van der Waals surface area contributed by atoms with Crippen molar-refractivity contribution in [3.63, 3.8) is 0 Å². The molecule has 0 aliphatic carbocycles. The molecule has 26 heavy (non-hydrogen) atoms. The molecule has 7 heteroatoms. The highest BCUT2D eigenvalue weighted by Crippen LogP contribution is 2.29. The molecule has 1 N–H and O–H groups in total. The molecule has 0 spiro atoms. The molecule has 0 radical (unpaired) electrons. The SMILES string of the molecule is CC(C)(C)OC(=O)N1CC[C@H](CC(=O)OCc2ccccc2)[C@@H]1C(=O)O. The number of likely N-dealkylation sites (tertiary alicyclic amines) is 1. The van der Waals surface area contributed by atoms with Crippen LogP contribution in [0.3, 0.4) is 0 Å². The molecule has 7 nitrogen and oxygen atoms in total. The van der Waals surface area contributed by atoms with E-state index in [1.165, 1.54) is 4.90 Å². The summed E-state index contributed by atoms with van der Waals surface area (Å²) in [5, 5.41) is 9.52. The summed E-state index contributed by atoms with van der Waals surface area (Å²) in [6, 6.07) is 8.15. The summed E-state index contributed by atoms with van der Waals surface area (Å²) in [5.41, 5.74) is 0.143. The second-order valence-electron chi connectivity index (χ2n) is 7.36. The first-order chi connectivity index (χ1) is 12.2. The lowest BCUT2D eigenvalue weighted by Crippen LogP contribution is -2.45. The van der Waals surface area contributed by atoms with Gasteiger partial charge in [-0.3, -0.25) is 9.69 Å². The summed E-state index contributed by atoms with van der Waals surface area (Å²) in [6.45, 7) is 5.53. The van der Waals surface area contributed by atoms with Gasteiger partial charge in [0.25, 0.3) is 0 Å². The van der Waals surface area contributed by atoms with Crippen LogP contribution in [0.2, 0.25) is 0 Å². The molecule has 1 aromatic carbocycles. The van der Waals surface area contributed by atoms with E-state index in [4.69, 9.17) is 9.47 Å². The Morgan fingerprint density at radius 1 is 1.19 bits per heavy atom. The van der Waals surface area contributed by atoms with Crippen molar-refractivity contribution in [1.29, 1.82) is 0 Å². The maximum absolute atomic E-state index is 12.2. The number of hydrogen-bond donors (Lipinski definition) is 1. The van der Waals surface area contributed by atoms with Gasteiger partial charge in [-0.05, 0) is 32.8 Å². The number of ether oxygens (including phenoxy) is 2. The molecule has 0 saturated carbocycles. The van der Waals surface area contributed by atoms with E-state index in [9.17, 15) is 19.5 Å². The van der Waals surface area contributed by atoms with Crippen molar-refractivity contribution < 1.29 is 29.0 Å². The minimum atomic E-state index is -1.14. The van der Waals surface area contributed by atoms with Gasteiger partial charge in [-0.2, -0.15) is 0 Å². The highest BCUT2D eigenvalue weighted by atomic mass is 16.6. The number of aliphatic carboxylic acids is 1. The summed E-state index contributed by atoms with van der Waals surface area (Å²) < 4.78 is 10.5.